The highest BCUT2D eigenvalue weighted by molar-refractivity contribution is 5.68. The van der Waals surface area contributed by atoms with Crippen molar-refractivity contribution in [3.8, 4) is 5.75 Å². The SMILES string of the molecule is CCCOc1cccc(NCc2cc(C)no2)c1[N+](=O)[O-]. The van der Waals surface area contributed by atoms with Crippen molar-refractivity contribution in [3.63, 3.8) is 0 Å². The zero-order valence-electron chi connectivity index (χ0n) is 12.0. The summed E-state index contributed by atoms with van der Waals surface area (Å²) < 4.78 is 10.5. The second-order valence-electron chi connectivity index (χ2n) is 4.55. The number of nitro groups is 1. The molecule has 1 aromatic carbocycles. The van der Waals surface area contributed by atoms with Gasteiger partial charge in [-0.15, -0.1) is 0 Å². The van der Waals surface area contributed by atoms with Crippen LogP contribution in [0.5, 0.6) is 5.75 Å². The molecule has 0 aliphatic carbocycles. The van der Waals surface area contributed by atoms with Crippen molar-refractivity contribution in [2.75, 3.05) is 11.9 Å². The minimum Gasteiger partial charge on any atom is -0.487 e. The van der Waals surface area contributed by atoms with Crippen LogP contribution in [0.4, 0.5) is 11.4 Å². The summed E-state index contributed by atoms with van der Waals surface area (Å²) in [5.74, 6) is 0.877. The van der Waals surface area contributed by atoms with Crippen LogP contribution in [0, 0.1) is 17.0 Å². The quantitative estimate of drug-likeness (QED) is 0.621. The molecule has 0 saturated carbocycles. The molecule has 0 unspecified atom stereocenters. The Labute approximate surface area is 122 Å². The van der Waals surface area contributed by atoms with Crippen molar-refractivity contribution in [3.05, 3.63) is 45.8 Å². The van der Waals surface area contributed by atoms with E-state index in [0.29, 0.717) is 24.6 Å². The molecule has 1 N–H and O–H groups in total. The fourth-order valence-corrected chi connectivity index (χ4v) is 1.86. The van der Waals surface area contributed by atoms with Gasteiger partial charge in [-0.05, 0) is 25.5 Å². The van der Waals surface area contributed by atoms with Gasteiger partial charge in [-0.25, -0.2) is 0 Å². The number of nitrogens with zero attached hydrogens (tertiary/aromatic N) is 2. The van der Waals surface area contributed by atoms with Gasteiger partial charge in [0, 0.05) is 6.07 Å². The highest BCUT2D eigenvalue weighted by Crippen LogP contribution is 2.35. The first-order valence-electron chi connectivity index (χ1n) is 6.68. The average Bonchev–Trinajstić information content (AvgIpc) is 2.88. The lowest BCUT2D eigenvalue weighted by Gasteiger charge is -2.09. The van der Waals surface area contributed by atoms with Gasteiger partial charge in [0.2, 0.25) is 0 Å². The van der Waals surface area contributed by atoms with E-state index in [0.717, 1.165) is 12.1 Å². The summed E-state index contributed by atoms with van der Waals surface area (Å²) in [6.07, 6.45) is 0.784. The van der Waals surface area contributed by atoms with E-state index in [1.54, 1.807) is 24.3 Å². The Morgan fingerprint density at radius 2 is 2.29 bits per heavy atom. The molecule has 112 valence electrons. The molecule has 2 rings (SSSR count). The lowest BCUT2D eigenvalue weighted by atomic mass is 10.2. The van der Waals surface area contributed by atoms with E-state index in [9.17, 15) is 10.1 Å². The molecular formula is C14H17N3O4. The van der Waals surface area contributed by atoms with Crippen LogP contribution in [0.1, 0.15) is 24.8 Å². The predicted molar refractivity (Wildman–Crippen MR) is 77.4 cm³/mol. The summed E-state index contributed by atoms with van der Waals surface area (Å²) in [7, 11) is 0. The molecule has 2 aromatic rings. The molecule has 0 bridgehead atoms. The third-order valence-electron chi connectivity index (χ3n) is 2.77. The normalized spacial score (nSPS) is 10.4. The predicted octanol–water partition coefficient (Wildman–Crippen LogP) is 3.29. The van der Waals surface area contributed by atoms with Crippen LogP contribution in [0.15, 0.2) is 28.8 Å². The third-order valence-corrected chi connectivity index (χ3v) is 2.77. The first kappa shape index (κ1) is 14.8. The van der Waals surface area contributed by atoms with Crippen LogP contribution < -0.4 is 10.1 Å². The first-order chi connectivity index (χ1) is 10.1. The number of anilines is 1. The molecule has 0 amide bonds. The van der Waals surface area contributed by atoms with E-state index in [4.69, 9.17) is 9.26 Å². The van der Waals surface area contributed by atoms with Gasteiger partial charge in [-0.3, -0.25) is 10.1 Å². The van der Waals surface area contributed by atoms with E-state index < -0.39 is 4.92 Å². The summed E-state index contributed by atoms with van der Waals surface area (Å²) in [6.45, 7) is 4.51. The zero-order valence-corrected chi connectivity index (χ0v) is 12.0. The standard InChI is InChI=1S/C14H17N3O4/c1-3-7-20-13-6-4-5-12(14(13)17(18)19)15-9-11-8-10(2)16-21-11/h4-6,8,15H,3,7,9H2,1-2H3. The minimum absolute atomic E-state index is 0.0674. The number of para-hydroxylation sites is 1. The molecule has 7 heteroatoms. The molecule has 7 nitrogen and oxygen atoms in total. The number of hydrogen-bond donors (Lipinski definition) is 1. The fraction of sp³-hybridized carbons (Fsp3) is 0.357. The molecule has 1 heterocycles. The molecule has 1 aromatic heterocycles. The Balaban J connectivity index is 2.19. The number of aryl methyl sites for hydroxylation is 1. The van der Waals surface area contributed by atoms with Crippen molar-refractivity contribution in [1.29, 1.82) is 0 Å². The molecule has 0 aliphatic rings. The van der Waals surface area contributed by atoms with Gasteiger partial charge in [0.05, 0.1) is 23.8 Å². The Morgan fingerprint density at radius 3 is 2.90 bits per heavy atom. The van der Waals surface area contributed by atoms with E-state index >= 15 is 0 Å². The minimum atomic E-state index is -0.445. The molecule has 21 heavy (non-hydrogen) atoms. The van der Waals surface area contributed by atoms with Crippen LogP contribution >= 0.6 is 0 Å². The van der Waals surface area contributed by atoms with Crippen LogP contribution in [-0.2, 0) is 6.54 Å². The molecule has 0 aliphatic heterocycles. The highest BCUT2D eigenvalue weighted by Gasteiger charge is 2.21. The van der Waals surface area contributed by atoms with Gasteiger partial charge in [0.1, 0.15) is 5.69 Å². The van der Waals surface area contributed by atoms with Crippen LogP contribution in [0.3, 0.4) is 0 Å². The van der Waals surface area contributed by atoms with Gasteiger partial charge in [-0.2, -0.15) is 0 Å². The van der Waals surface area contributed by atoms with Crippen LogP contribution in [0.2, 0.25) is 0 Å². The van der Waals surface area contributed by atoms with Crippen LogP contribution in [-0.4, -0.2) is 16.7 Å². The molecule has 0 radical (unpaired) electrons. The average molecular weight is 291 g/mol. The van der Waals surface area contributed by atoms with Crippen molar-refractivity contribution >= 4 is 11.4 Å². The molecule has 0 saturated heterocycles. The zero-order chi connectivity index (χ0) is 15.2. The van der Waals surface area contributed by atoms with E-state index in [2.05, 4.69) is 10.5 Å². The largest absolute Gasteiger partial charge is 0.487 e. The number of benzene rings is 1. The van der Waals surface area contributed by atoms with Gasteiger partial charge in [-0.1, -0.05) is 18.1 Å². The molecular weight excluding hydrogens is 274 g/mol. The summed E-state index contributed by atoms with van der Waals surface area (Å²) in [4.78, 5) is 10.8. The van der Waals surface area contributed by atoms with Crippen molar-refractivity contribution in [1.82, 2.24) is 5.16 Å². The second kappa shape index (κ2) is 6.74. The monoisotopic (exact) mass is 291 g/mol. The number of nitrogens with one attached hydrogen (secondary N) is 1. The number of nitro benzene ring substituents is 1. The van der Waals surface area contributed by atoms with Crippen LogP contribution in [0.25, 0.3) is 0 Å². The Kier molecular flexibility index (Phi) is 4.76. The summed E-state index contributed by atoms with van der Waals surface area (Å²) in [6, 6.07) is 6.72. The highest BCUT2D eigenvalue weighted by atomic mass is 16.6. The van der Waals surface area contributed by atoms with E-state index in [1.165, 1.54) is 0 Å². The van der Waals surface area contributed by atoms with Gasteiger partial charge < -0.3 is 14.6 Å². The van der Waals surface area contributed by atoms with E-state index in [1.807, 2.05) is 13.8 Å². The Bertz CT molecular complexity index is 624. The number of hydrogen-bond acceptors (Lipinski definition) is 6. The Hall–Kier alpha value is -2.57. The van der Waals surface area contributed by atoms with Crippen molar-refractivity contribution < 1.29 is 14.2 Å². The van der Waals surface area contributed by atoms with Gasteiger partial charge >= 0.3 is 5.69 Å². The maximum absolute atomic E-state index is 11.3. The molecule has 0 spiro atoms. The van der Waals surface area contributed by atoms with E-state index in [-0.39, 0.29) is 11.4 Å². The van der Waals surface area contributed by atoms with Gasteiger partial charge in [0.15, 0.2) is 11.5 Å². The third kappa shape index (κ3) is 3.71. The Morgan fingerprint density at radius 1 is 1.48 bits per heavy atom. The fourth-order valence-electron chi connectivity index (χ4n) is 1.86. The lowest BCUT2D eigenvalue weighted by Crippen LogP contribution is -2.05. The number of ether oxygens (including phenoxy) is 1. The second-order valence-corrected chi connectivity index (χ2v) is 4.55. The topological polar surface area (TPSA) is 90.4 Å². The summed E-state index contributed by atoms with van der Waals surface area (Å²) >= 11 is 0. The molecule has 0 atom stereocenters. The van der Waals surface area contributed by atoms with Gasteiger partial charge in [0.25, 0.3) is 0 Å². The molecule has 0 fully saturated rings. The smallest absolute Gasteiger partial charge is 0.333 e. The number of aromatic nitrogens is 1. The number of rotatable bonds is 7. The summed E-state index contributed by atoms with van der Waals surface area (Å²) in [5, 5.41) is 18.0. The lowest BCUT2D eigenvalue weighted by molar-refractivity contribution is -0.385. The summed E-state index contributed by atoms with van der Waals surface area (Å²) in [5.41, 5.74) is 1.09. The maximum atomic E-state index is 11.3. The first-order valence-corrected chi connectivity index (χ1v) is 6.68. The van der Waals surface area contributed by atoms with Crippen molar-refractivity contribution in [2.45, 2.75) is 26.8 Å². The van der Waals surface area contributed by atoms with Crippen molar-refractivity contribution in [2.24, 2.45) is 0 Å². The maximum Gasteiger partial charge on any atom is 0.333 e.